The van der Waals surface area contributed by atoms with Gasteiger partial charge in [-0.05, 0) is 24.5 Å². The Morgan fingerprint density at radius 1 is 1.42 bits per heavy atom. The monoisotopic (exact) mass is 265 g/mol. The Hall–Kier alpha value is -1.42. The summed E-state index contributed by atoms with van der Waals surface area (Å²) in [6.07, 6.45) is 1.46. The van der Waals surface area contributed by atoms with Crippen molar-refractivity contribution in [1.29, 1.82) is 0 Å². The molecule has 2 rings (SSSR count). The normalized spacial score (nSPS) is 17.2. The van der Waals surface area contributed by atoms with Crippen LogP contribution in [0.2, 0.25) is 0 Å². The maximum atomic E-state index is 13.8. The molecule has 19 heavy (non-hydrogen) atoms. The van der Waals surface area contributed by atoms with Crippen LogP contribution in [0.1, 0.15) is 32.3 Å². The third kappa shape index (κ3) is 2.95. The van der Waals surface area contributed by atoms with E-state index in [-0.39, 0.29) is 11.2 Å². The molecule has 1 saturated carbocycles. The van der Waals surface area contributed by atoms with Gasteiger partial charge in [-0.1, -0.05) is 32.0 Å². The van der Waals surface area contributed by atoms with Gasteiger partial charge in [0.15, 0.2) is 0 Å². The predicted molar refractivity (Wildman–Crippen MR) is 71.6 cm³/mol. The van der Waals surface area contributed by atoms with E-state index in [2.05, 4.69) is 5.32 Å². The summed E-state index contributed by atoms with van der Waals surface area (Å²) in [6.45, 7) is 4.93. The molecule has 0 saturated heterocycles. The van der Waals surface area contributed by atoms with Crippen molar-refractivity contribution in [3.63, 3.8) is 0 Å². The second kappa shape index (κ2) is 4.93. The molecule has 1 aromatic rings. The van der Waals surface area contributed by atoms with E-state index >= 15 is 0 Å². The quantitative estimate of drug-likeness (QED) is 0.831. The molecular weight excluding hydrogens is 245 g/mol. The molecular formula is C15H20FNO2. The molecule has 1 aliphatic rings. The highest BCUT2D eigenvalue weighted by molar-refractivity contribution is 5.78. The fraction of sp³-hybridized carbons (Fsp3) is 0.533. The summed E-state index contributed by atoms with van der Waals surface area (Å²) in [5.74, 6) is -0.947. The van der Waals surface area contributed by atoms with Crippen LogP contribution in [0.15, 0.2) is 24.3 Å². The number of hydrogen-bond acceptors (Lipinski definition) is 2. The zero-order valence-corrected chi connectivity index (χ0v) is 11.4. The number of carbonyl (C=O) groups is 1. The first kappa shape index (κ1) is 14.0. The Bertz CT molecular complexity index is 481. The van der Waals surface area contributed by atoms with Crippen molar-refractivity contribution in [1.82, 2.24) is 5.32 Å². The number of benzene rings is 1. The molecule has 2 N–H and O–H groups in total. The molecule has 1 aliphatic carbocycles. The van der Waals surface area contributed by atoms with Crippen LogP contribution < -0.4 is 5.32 Å². The summed E-state index contributed by atoms with van der Waals surface area (Å²) in [7, 11) is 0. The average molecular weight is 265 g/mol. The Kier molecular flexibility index (Phi) is 3.63. The molecule has 0 spiro atoms. The SMILES string of the molecule is CC(C)(CNCC1(C(=O)O)CC1)c1ccccc1F. The standard InChI is InChI=1S/C15H20FNO2/c1-14(2,11-5-3-4-6-12(11)16)9-17-10-15(7-8-15)13(18)19/h3-6,17H,7-10H2,1-2H3,(H,18,19). The predicted octanol–water partition coefficient (Wildman–Crippen LogP) is 2.56. The van der Waals surface area contributed by atoms with Gasteiger partial charge in [-0.15, -0.1) is 0 Å². The second-order valence-corrected chi connectivity index (χ2v) is 6.05. The summed E-state index contributed by atoms with van der Waals surface area (Å²) < 4.78 is 13.8. The van der Waals surface area contributed by atoms with Crippen molar-refractivity contribution in [2.24, 2.45) is 5.41 Å². The number of rotatable bonds is 6. The maximum absolute atomic E-state index is 13.8. The van der Waals surface area contributed by atoms with Gasteiger partial charge in [-0.2, -0.15) is 0 Å². The van der Waals surface area contributed by atoms with E-state index in [4.69, 9.17) is 5.11 Å². The third-order valence-corrected chi connectivity index (χ3v) is 3.94. The van der Waals surface area contributed by atoms with Gasteiger partial charge in [0.2, 0.25) is 0 Å². The number of carboxylic acids is 1. The summed E-state index contributed by atoms with van der Waals surface area (Å²) >= 11 is 0. The Balaban J connectivity index is 1.95. The number of hydrogen-bond donors (Lipinski definition) is 2. The smallest absolute Gasteiger partial charge is 0.310 e. The highest BCUT2D eigenvalue weighted by Crippen LogP contribution is 2.45. The molecule has 0 amide bonds. The van der Waals surface area contributed by atoms with Gasteiger partial charge < -0.3 is 10.4 Å². The Morgan fingerprint density at radius 2 is 2.05 bits per heavy atom. The van der Waals surface area contributed by atoms with E-state index in [0.29, 0.717) is 18.7 Å². The van der Waals surface area contributed by atoms with Gasteiger partial charge in [0.05, 0.1) is 5.41 Å². The van der Waals surface area contributed by atoms with Gasteiger partial charge in [0, 0.05) is 18.5 Å². The van der Waals surface area contributed by atoms with E-state index in [9.17, 15) is 9.18 Å². The molecule has 104 valence electrons. The lowest BCUT2D eigenvalue weighted by molar-refractivity contribution is -0.143. The topological polar surface area (TPSA) is 49.3 Å². The van der Waals surface area contributed by atoms with Crippen LogP contribution in [0.25, 0.3) is 0 Å². The van der Waals surface area contributed by atoms with Crippen molar-refractivity contribution in [3.05, 3.63) is 35.6 Å². The maximum Gasteiger partial charge on any atom is 0.310 e. The Morgan fingerprint density at radius 3 is 2.58 bits per heavy atom. The van der Waals surface area contributed by atoms with Gasteiger partial charge in [-0.25, -0.2) is 4.39 Å². The minimum absolute atomic E-state index is 0.214. The lowest BCUT2D eigenvalue weighted by atomic mass is 9.84. The van der Waals surface area contributed by atoms with Gasteiger partial charge in [0.25, 0.3) is 0 Å². The fourth-order valence-corrected chi connectivity index (χ4v) is 2.34. The first-order valence-electron chi connectivity index (χ1n) is 6.57. The van der Waals surface area contributed by atoms with Gasteiger partial charge in [0.1, 0.15) is 5.82 Å². The van der Waals surface area contributed by atoms with E-state index < -0.39 is 11.4 Å². The molecule has 0 aromatic heterocycles. The largest absolute Gasteiger partial charge is 0.481 e. The van der Waals surface area contributed by atoms with Crippen molar-refractivity contribution >= 4 is 5.97 Å². The van der Waals surface area contributed by atoms with Crippen LogP contribution in [0.5, 0.6) is 0 Å². The number of carboxylic acid groups (broad SMARTS) is 1. The van der Waals surface area contributed by atoms with Crippen molar-refractivity contribution in [3.8, 4) is 0 Å². The number of nitrogens with one attached hydrogen (secondary N) is 1. The highest BCUT2D eigenvalue weighted by Gasteiger charge is 2.49. The van der Waals surface area contributed by atoms with Crippen LogP contribution in [-0.4, -0.2) is 24.2 Å². The zero-order chi connectivity index (χ0) is 14.1. The van der Waals surface area contributed by atoms with Gasteiger partial charge in [-0.3, -0.25) is 4.79 Å². The third-order valence-electron chi connectivity index (χ3n) is 3.94. The van der Waals surface area contributed by atoms with Crippen LogP contribution in [0.3, 0.4) is 0 Å². The molecule has 0 unspecified atom stereocenters. The summed E-state index contributed by atoms with van der Waals surface area (Å²) in [6, 6.07) is 6.73. The zero-order valence-electron chi connectivity index (χ0n) is 11.4. The van der Waals surface area contributed by atoms with Crippen LogP contribution in [-0.2, 0) is 10.2 Å². The molecule has 4 heteroatoms. The van der Waals surface area contributed by atoms with E-state index in [1.165, 1.54) is 6.07 Å². The number of aliphatic carboxylic acids is 1. The van der Waals surface area contributed by atoms with E-state index in [1.807, 2.05) is 19.9 Å². The molecule has 3 nitrogen and oxygen atoms in total. The minimum Gasteiger partial charge on any atom is -0.481 e. The molecule has 0 aliphatic heterocycles. The summed E-state index contributed by atoms with van der Waals surface area (Å²) in [5, 5.41) is 12.3. The van der Waals surface area contributed by atoms with E-state index in [1.54, 1.807) is 12.1 Å². The molecule has 0 heterocycles. The lowest BCUT2D eigenvalue weighted by Gasteiger charge is -2.27. The first-order valence-corrected chi connectivity index (χ1v) is 6.57. The molecule has 1 fully saturated rings. The second-order valence-electron chi connectivity index (χ2n) is 6.05. The van der Waals surface area contributed by atoms with Crippen LogP contribution in [0, 0.1) is 11.2 Å². The molecule has 0 bridgehead atoms. The van der Waals surface area contributed by atoms with Gasteiger partial charge >= 0.3 is 5.97 Å². The summed E-state index contributed by atoms with van der Waals surface area (Å²) in [4.78, 5) is 11.1. The minimum atomic E-state index is -0.733. The highest BCUT2D eigenvalue weighted by atomic mass is 19.1. The molecule has 0 radical (unpaired) electrons. The summed E-state index contributed by atoms with van der Waals surface area (Å²) in [5.41, 5.74) is -0.284. The van der Waals surface area contributed by atoms with Crippen molar-refractivity contribution < 1.29 is 14.3 Å². The fourth-order valence-electron chi connectivity index (χ4n) is 2.34. The first-order chi connectivity index (χ1) is 8.87. The van der Waals surface area contributed by atoms with Crippen LogP contribution in [0.4, 0.5) is 4.39 Å². The van der Waals surface area contributed by atoms with E-state index in [0.717, 1.165) is 12.8 Å². The average Bonchev–Trinajstić information content (AvgIpc) is 3.10. The number of halogens is 1. The molecule has 1 aromatic carbocycles. The Labute approximate surface area is 112 Å². The van der Waals surface area contributed by atoms with Crippen molar-refractivity contribution in [2.75, 3.05) is 13.1 Å². The van der Waals surface area contributed by atoms with Crippen molar-refractivity contribution in [2.45, 2.75) is 32.1 Å². The lowest BCUT2D eigenvalue weighted by Crippen LogP contribution is -2.38. The van der Waals surface area contributed by atoms with Crippen LogP contribution >= 0.6 is 0 Å². The molecule has 0 atom stereocenters.